The fourth-order valence-corrected chi connectivity index (χ4v) is 3.65. The van der Waals surface area contributed by atoms with Gasteiger partial charge in [-0.1, -0.05) is 12.1 Å². The van der Waals surface area contributed by atoms with Gasteiger partial charge in [-0.05, 0) is 18.2 Å². The number of aromatic nitrogens is 3. The lowest BCUT2D eigenvalue weighted by molar-refractivity contribution is -0.137. The summed E-state index contributed by atoms with van der Waals surface area (Å²) in [6, 6.07) is 9.19. The average molecular weight is 446 g/mol. The molecular weight excluding hydrogens is 425 g/mol. The molecule has 1 aliphatic heterocycles. The molecule has 3 heterocycles. The summed E-state index contributed by atoms with van der Waals surface area (Å²) in [5.74, 6) is 0.0575. The van der Waals surface area contributed by atoms with E-state index in [-0.39, 0.29) is 36.4 Å². The lowest BCUT2D eigenvalue weighted by Gasteiger charge is -2.32. The number of hydrogen-bond acceptors (Lipinski definition) is 5. The number of alkyl halides is 3. The largest absolute Gasteiger partial charge is 0.474 e. The highest BCUT2D eigenvalue weighted by atomic mass is 19.4. The third-order valence-corrected chi connectivity index (χ3v) is 5.44. The van der Waals surface area contributed by atoms with Crippen LogP contribution in [0, 0.1) is 0 Å². The molecule has 0 aliphatic carbocycles. The summed E-state index contributed by atoms with van der Waals surface area (Å²) in [5, 5.41) is 0.511. The Labute approximate surface area is 181 Å². The number of carbonyl (C=O) groups excluding carboxylic acids is 1. The summed E-state index contributed by atoms with van der Waals surface area (Å²) < 4.78 is 45.0. The van der Waals surface area contributed by atoms with E-state index in [9.17, 15) is 22.8 Å². The Hall–Kier alpha value is -3.43. The molecule has 7 nitrogen and oxygen atoms in total. The van der Waals surface area contributed by atoms with Crippen LogP contribution in [0.1, 0.15) is 24.8 Å². The number of aryl methyl sites for hydroxylation is 1. The summed E-state index contributed by atoms with van der Waals surface area (Å²) in [6.45, 7) is 1.17. The molecule has 10 heteroatoms. The normalized spacial score (nSPS) is 15.2. The van der Waals surface area contributed by atoms with Gasteiger partial charge in [0.1, 0.15) is 6.10 Å². The monoisotopic (exact) mass is 446 g/mol. The summed E-state index contributed by atoms with van der Waals surface area (Å²) in [5.41, 5.74) is -0.393. The van der Waals surface area contributed by atoms with E-state index in [0.29, 0.717) is 36.8 Å². The second kappa shape index (κ2) is 8.97. The Kier molecular flexibility index (Phi) is 6.11. The number of benzene rings is 1. The first-order valence-electron chi connectivity index (χ1n) is 10.2. The van der Waals surface area contributed by atoms with Crippen molar-refractivity contribution in [1.82, 2.24) is 19.4 Å². The zero-order chi connectivity index (χ0) is 22.7. The molecule has 0 spiro atoms. The van der Waals surface area contributed by atoms with Crippen molar-refractivity contribution >= 4 is 16.8 Å². The summed E-state index contributed by atoms with van der Waals surface area (Å²) in [7, 11) is 0. The van der Waals surface area contributed by atoms with Crippen LogP contribution in [0.4, 0.5) is 13.2 Å². The molecule has 0 radical (unpaired) electrons. The molecule has 1 aliphatic rings. The number of ether oxygens (including phenoxy) is 1. The van der Waals surface area contributed by atoms with Crippen LogP contribution in [-0.4, -0.2) is 44.5 Å². The second-order valence-electron chi connectivity index (χ2n) is 7.59. The van der Waals surface area contributed by atoms with Crippen LogP contribution >= 0.6 is 0 Å². The van der Waals surface area contributed by atoms with Crippen LogP contribution < -0.4 is 10.3 Å². The number of rotatable bonds is 5. The molecule has 0 N–H and O–H groups in total. The van der Waals surface area contributed by atoms with Gasteiger partial charge in [-0.15, -0.1) is 0 Å². The van der Waals surface area contributed by atoms with Gasteiger partial charge in [-0.3, -0.25) is 14.2 Å². The van der Waals surface area contributed by atoms with E-state index in [1.807, 2.05) is 6.07 Å². The minimum atomic E-state index is -4.44. The number of fused-ring (bicyclic) bond motifs is 1. The van der Waals surface area contributed by atoms with Crippen LogP contribution in [0.15, 0.2) is 53.7 Å². The Morgan fingerprint density at radius 3 is 2.53 bits per heavy atom. The first-order valence-corrected chi connectivity index (χ1v) is 10.2. The van der Waals surface area contributed by atoms with Gasteiger partial charge in [0.15, 0.2) is 0 Å². The van der Waals surface area contributed by atoms with E-state index >= 15 is 0 Å². The molecule has 1 aromatic carbocycles. The Bertz CT molecular complexity index is 1150. The third kappa shape index (κ3) is 4.90. The Morgan fingerprint density at radius 2 is 1.84 bits per heavy atom. The van der Waals surface area contributed by atoms with Crippen molar-refractivity contribution in [2.45, 2.75) is 38.1 Å². The molecule has 3 aromatic rings. The molecular formula is C22H21F3N4O3. The standard InChI is InChI=1S/C22H21F3N4O3/c23-22(24,25)15-5-6-19(26-13-15)32-16-7-10-28(11-8-16)20(30)9-12-29-14-27-18-4-2-1-3-17(18)21(29)31/h1-6,13-14,16H,7-12H2. The van der Waals surface area contributed by atoms with Gasteiger partial charge in [0.2, 0.25) is 11.8 Å². The molecule has 0 bridgehead atoms. The van der Waals surface area contributed by atoms with Crippen molar-refractivity contribution < 1.29 is 22.7 Å². The molecule has 1 amide bonds. The number of carbonyl (C=O) groups is 1. The molecule has 0 unspecified atom stereocenters. The van der Waals surface area contributed by atoms with Gasteiger partial charge in [-0.2, -0.15) is 13.2 Å². The predicted molar refractivity (Wildman–Crippen MR) is 110 cm³/mol. The number of hydrogen-bond donors (Lipinski definition) is 0. The van der Waals surface area contributed by atoms with Crippen molar-refractivity contribution in [3.8, 4) is 5.88 Å². The van der Waals surface area contributed by atoms with Crippen LogP contribution in [0.2, 0.25) is 0 Å². The number of para-hydroxylation sites is 1. The number of piperidine rings is 1. The van der Waals surface area contributed by atoms with Crippen LogP contribution in [0.5, 0.6) is 5.88 Å². The molecule has 1 fully saturated rings. The summed E-state index contributed by atoms with van der Waals surface area (Å²) >= 11 is 0. The number of amides is 1. The van der Waals surface area contributed by atoms with E-state index in [2.05, 4.69) is 9.97 Å². The molecule has 4 rings (SSSR count). The Morgan fingerprint density at radius 1 is 1.09 bits per heavy atom. The minimum absolute atomic E-state index is 0.0730. The molecule has 1 saturated heterocycles. The molecule has 168 valence electrons. The smallest absolute Gasteiger partial charge is 0.417 e. The predicted octanol–water partition coefficient (Wildman–Crippen LogP) is 3.27. The second-order valence-corrected chi connectivity index (χ2v) is 7.59. The fraction of sp³-hybridized carbons (Fsp3) is 0.364. The van der Waals surface area contributed by atoms with Gasteiger partial charge >= 0.3 is 6.18 Å². The lowest BCUT2D eigenvalue weighted by atomic mass is 10.1. The third-order valence-electron chi connectivity index (χ3n) is 5.44. The minimum Gasteiger partial charge on any atom is -0.474 e. The molecule has 32 heavy (non-hydrogen) atoms. The lowest BCUT2D eigenvalue weighted by Crippen LogP contribution is -2.42. The molecule has 2 aromatic heterocycles. The maximum atomic E-state index is 12.6. The van der Waals surface area contributed by atoms with Crippen molar-refractivity contribution in [3.05, 3.63) is 64.8 Å². The van der Waals surface area contributed by atoms with Gasteiger partial charge in [0.25, 0.3) is 5.56 Å². The first-order chi connectivity index (χ1) is 15.3. The SMILES string of the molecule is O=C(CCn1cnc2ccccc2c1=O)N1CCC(Oc2ccc(C(F)(F)F)cn2)CC1. The number of nitrogens with zero attached hydrogens (tertiary/aromatic N) is 4. The van der Waals surface area contributed by atoms with Gasteiger partial charge < -0.3 is 9.64 Å². The van der Waals surface area contributed by atoms with E-state index < -0.39 is 11.7 Å². The highest BCUT2D eigenvalue weighted by Crippen LogP contribution is 2.29. The van der Waals surface area contributed by atoms with E-state index in [1.165, 1.54) is 17.0 Å². The van der Waals surface area contributed by atoms with Crippen molar-refractivity contribution in [2.75, 3.05) is 13.1 Å². The van der Waals surface area contributed by atoms with E-state index in [0.717, 1.165) is 12.3 Å². The van der Waals surface area contributed by atoms with E-state index in [4.69, 9.17) is 4.74 Å². The van der Waals surface area contributed by atoms with Gasteiger partial charge in [-0.25, -0.2) is 9.97 Å². The zero-order valence-corrected chi connectivity index (χ0v) is 17.1. The first kappa shape index (κ1) is 21.8. The summed E-state index contributed by atoms with van der Waals surface area (Å²) in [4.78, 5) is 34.8. The highest BCUT2D eigenvalue weighted by Gasteiger charge is 2.31. The van der Waals surface area contributed by atoms with Gasteiger partial charge in [0, 0.05) is 51.2 Å². The quantitative estimate of drug-likeness (QED) is 0.601. The van der Waals surface area contributed by atoms with Crippen molar-refractivity contribution in [3.63, 3.8) is 0 Å². The van der Waals surface area contributed by atoms with Crippen LogP contribution in [-0.2, 0) is 17.5 Å². The highest BCUT2D eigenvalue weighted by molar-refractivity contribution is 5.77. The Balaban J connectivity index is 1.27. The maximum absolute atomic E-state index is 12.6. The summed E-state index contributed by atoms with van der Waals surface area (Å²) in [6.07, 6.45) is -1.20. The molecule has 0 atom stereocenters. The van der Waals surface area contributed by atoms with Crippen molar-refractivity contribution in [2.24, 2.45) is 0 Å². The zero-order valence-electron chi connectivity index (χ0n) is 17.1. The topological polar surface area (TPSA) is 77.3 Å². The number of pyridine rings is 1. The van der Waals surface area contributed by atoms with Crippen LogP contribution in [0.3, 0.4) is 0 Å². The van der Waals surface area contributed by atoms with Gasteiger partial charge in [0.05, 0.1) is 22.8 Å². The molecule has 0 saturated carbocycles. The number of halogens is 3. The average Bonchev–Trinajstić information content (AvgIpc) is 2.79. The number of likely N-dealkylation sites (tertiary alicyclic amines) is 1. The maximum Gasteiger partial charge on any atom is 0.417 e. The van der Waals surface area contributed by atoms with Crippen molar-refractivity contribution in [1.29, 1.82) is 0 Å². The van der Waals surface area contributed by atoms with Crippen LogP contribution in [0.25, 0.3) is 10.9 Å². The van der Waals surface area contributed by atoms with E-state index in [1.54, 1.807) is 23.1 Å². The fourth-order valence-electron chi connectivity index (χ4n) is 3.65.